The molecule has 1 aromatic heterocycles. The second-order valence-corrected chi connectivity index (χ2v) is 9.49. The summed E-state index contributed by atoms with van der Waals surface area (Å²) < 4.78 is 58.5. The number of anilines is 4. The van der Waals surface area contributed by atoms with Gasteiger partial charge in [0.05, 0.1) is 22.3 Å². The number of imidazole rings is 1. The molecule has 0 radical (unpaired) electrons. The van der Waals surface area contributed by atoms with Crippen molar-refractivity contribution in [1.82, 2.24) is 9.97 Å². The van der Waals surface area contributed by atoms with E-state index in [1.807, 2.05) is 32.0 Å². The summed E-state index contributed by atoms with van der Waals surface area (Å²) in [4.78, 5) is 32.1. The average Bonchev–Trinajstić information content (AvgIpc) is 3.34. The Kier molecular flexibility index (Phi) is 7.88. The van der Waals surface area contributed by atoms with E-state index in [4.69, 9.17) is 4.74 Å². The van der Waals surface area contributed by atoms with Crippen LogP contribution in [0, 0.1) is 19.7 Å². The third kappa shape index (κ3) is 7.01. The van der Waals surface area contributed by atoms with Gasteiger partial charge in [-0.2, -0.15) is 13.2 Å². The van der Waals surface area contributed by atoms with Crippen LogP contribution in [-0.2, 0) is 6.18 Å². The zero-order valence-corrected chi connectivity index (χ0v) is 22.7. The van der Waals surface area contributed by atoms with Crippen LogP contribution in [0.1, 0.15) is 16.7 Å². The molecule has 0 atom stereocenters. The molecule has 13 heteroatoms. The average molecular weight is 593 g/mol. The first kappa shape index (κ1) is 28.9. The van der Waals surface area contributed by atoms with Crippen molar-refractivity contribution in [3.8, 4) is 11.5 Å². The molecule has 0 bridgehead atoms. The number of aromatic amines is 1. The van der Waals surface area contributed by atoms with Crippen LogP contribution in [-0.4, -0.2) is 22.0 Å². The standard InChI is InChI=1S/C30H24F4N6O3/c1-16-4-3-5-23(17(16)2)38-29(42)40-27-36-24-13-11-21(15-26(24)37-27)43-20-9-7-19(8-10-20)35-28(41)39-25-14-18(30(32,33)34)6-12-22(25)31/h3-15H,1-2H3,(H2,35,39,41)(H3,36,37,38,40,42). The predicted molar refractivity (Wildman–Crippen MR) is 155 cm³/mol. The molecule has 5 N–H and O–H groups in total. The molecule has 220 valence electrons. The number of fused-ring (bicyclic) bond motifs is 1. The van der Waals surface area contributed by atoms with E-state index in [9.17, 15) is 27.2 Å². The van der Waals surface area contributed by atoms with Crippen molar-refractivity contribution >= 4 is 46.1 Å². The van der Waals surface area contributed by atoms with Crippen molar-refractivity contribution in [2.45, 2.75) is 20.0 Å². The molecule has 0 fully saturated rings. The van der Waals surface area contributed by atoms with Gasteiger partial charge < -0.3 is 25.7 Å². The molecule has 4 amide bonds. The van der Waals surface area contributed by atoms with Gasteiger partial charge in [-0.1, -0.05) is 12.1 Å². The fourth-order valence-corrected chi connectivity index (χ4v) is 4.08. The van der Waals surface area contributed by atoms with Gasteiger partial charge in [0.15, 0.2) is 0 Å². The number of hydrogen-bond donors (Lipinski definition) is 5. The van der Waals surface area contributed by atoms with Gasteiger partial charge in [-0.3, -0.25) is 5.32 Å². The summed E-state index contributed by atoms with van der Waals surface area (Å²) in [5.41, 5.74) is 2.49. The molecule has 4 aromatic carbocycles. The van der Waals surface area contributed by atoms with Gasteiger partial charge in [-0.15, -0.1) is 0 Å². The third-order valence-electron chi connectivity index (χ3n) is 6.43. The van der Waals surface area contributed by atoms with E-state index in [1.165, 1.54) is 12.1 Å². The van der Waals surface area contributed by atoms with Crippen molar-refractivity contribution in [3.05, 3.63) is 101 Å². The van der Waals surface area contributed by atoms with Crippen LogP contribution >= 0.6 is 0 Å². The number of amides is 4. The minimum atomic E-state index is -4.69. The van der Waals surface area contributed by atoms with Crippen molar-refractivity contribution in [2.75, 3.05) is 21.3 Å². The molecule has 1 heterocycles. The molecule has 0 aliphatic heterocycles. The number of hydrogen-bond acceptors (Lipinski definition) is 4. The van der Waals surface area contributed by atoms with E-state index in [2.05, 4.69) is 31.2 Å². The minimum absolute atomic E-state index is 0.244. The lowest BCUT2D eigenvalue weighted by Gasteiger charge is -2.12. The molecule has 0 saturated heterocycles. The maximum atomic E-state index is 13.9. The minimum Gasteiger partial charge on any atom is -0.457 e. The van der Waals surface area contributed by atoms with Crippen molar-refractivity contribution in [1.29, 1.82) is 0 Å². The smallest absolute Gasteiger partial charge is 0.416 e. The lowest BCUT2D eigenvalue weighted by molar-refractivity contribution is -0.137. The van der Waals surface area contributed by atoms with Gasteiger partial charge in [0, 0.05) is 17.4 Å². The number of nitrogens with one attached hydrogen (secondary N) is 5. The maximum Gasteiger partial charge on any atom is 0.416 e. The Hall–Kier alpha value is -5.59. The highest BCUT2D eigenvalue weighted by Crippen LogP contribution is 2.32. The number of H-pyrrole nitrogens is 1. The predicted octanol–water partition coefficient (Wildman–Crippen LogP) is 8.42. The quantitative estimate of drug-likeness (QED) is 0.127. The highest BCUT2D eigenvalue weighted by atomic mass is 19.4. The first-order valence-electron chi connectivity index (χ1n) is 12.8. The van der Waals surface area contributed by atoms with Gasteiger partial charge in [0.25, 0.3) is 0 Å². The van der Waals surface area contributed by atoms with Gasteiger partial charge >= 0.3 is 18.2 Å². The second kappa shape index (κ2) is 11.7. The number of urea groups is 2. The SMILES string of the molecule is Cc1cccc(NC(=O)Nc2nc3ccc(Oc4ccc(NC(=O)Nc5cc(C(F)(F)F)ccc5F)cc4)cc3[nH]2)c1C. The van der Waals surface area contributed by atoms with Gasteiger partial charge in [-0.05, 0) is 85.6 Å². The van der Waals surface area contributed by atoms with E-state index >= 15 is 0 Å². The van der Waals surface area contributed by atoms with Gasteiger partial charge in [0.2, 0.25) is 5.95 Å². The van der Waals surface area contributed by atoms with Crippen molar-refractivity contribution in [3.63, 3.8) is 0 Å². The number of benzene rings is 4. The fraction of sp³-hybridized carbons (Fsp3) is 0.100. The highest BCUT2D eigenvalue weighted by molar-refractivity contribution is 6.00. The monoisotopic (exact) mass is 592 g/mol. The molecule has 0 spiro atoms. The molecule has 5 rings (SSSR count). The number of aromatic nitrogens is 2. The lowest BCUT2D eigenvalue weighted by atomic mass is 10.1. The Morgan fingerprint density at radius 1 is 0.791 bits per heavy atom. The van der Waals surface area contributed by atoms with E-state index < -0.39 is 35.3 Å². The summed E-state index contributed by atoms with van der Waals surface area (Å²) in [5, 5.41) is 9.98. The zero-order chi connectivity index (χ0) is 30.7. The number of rotatable bonds is 6. The van der Waals surface area contributed by atoms with Crippen LogP contribution < -0.4 is 26.0 Å². The summed E-state index contributed by atoms with van der Waals surface area (Å²) in [7, 11) is 0. The van der Waals surface area contributed by atoms with Crippen LogP contribution in [0.2, 0.25) is 0 Å². The Morgan fingerprint density at radius 3 is 2.23 bits per heavy atom. The Balaban J connectivity index is 1.19. The normalized spacial score (nSPS) is 11.2. The molecular weight excluding hydrogens is 568 g/mol. The second-order valence-electron chi connectivity index (χ2n) is 9.49. The number of carbonyl (C=O) groups is 2. The number of ether oxygens (including phenoxy) is 1. The number of halogens is 4. The topological polar surface area (TPSA) is 120 Å². The number of alkyl halides is 3. The molecule has 9 nitrogen and oxygen atoms in total. The Labute approximate surface area is 242 Å². The van der Waals surface area contributed by atoms with Crippen molar-refractivity contribution in [2.24, 2.45) is 0 Å². The maximum absolute atomic E-state index is 13.9. The molecular formula is C30H24F4N6O3. The number of carbonyl (C=O) groups excluding carboxylic acids is 2. The summed E-state index contributed by atoms with van der Waals surface area (Å²) in [5.74, 6) is 0.110. The summed E-state index contributed by atoms with van der Waals surface area (Å²) in [6.07, 6.45) is -4.69. The first-order chi connectivity index (χ1) is 20.4. The van der Waals surface area contributed by atoms with Gasteiger partial charge in [0.1, 0.15) is 17.3 Å². The summed E-state index contributed by atoms with van der Waals surface area (Å²) in [6.45, 7) is 3.87. The third-order valence-corrected chi connectivity index (χ3v) is 6.43. The van der Waals surface area contributed by atoms with Crippen LogP contribution in [0.4, 0.5) is 50.2 Å². The van der Waals surface area contributed by atoms with Crippen LogP contribution in [0.5, 0.6) is 11.5 Å². The molecule has 0 unspecified atom stereocenters. The number of nitrogens with zero attached hydrogens (tertiary/aromatic N) is 1. The van der Waals surface area contributed by atoms with E-state index in [0.29, 0.717) is 46.4 Å². The lowest BCUT2D eigenvalue weighted by Crippen LogP contribution is -2.20. The molecule has 5 aromatic rings. The molecule has 43 heavy (non-hydrogen) atoms. The Bertz CT molecular complexity index is 1820. The zero-order valence-electron chi connectivity index (χ0n) is 22.7. The summed E-state index contributed by atoms with van der Waals surface area (Å²) in [6, 6.07) is 17.2. The van der Waals surface area contributed by atoms with E-state index in [0.717, 1.165) is 11.1 Å². The van der Waals surface area contributed by atoms with E-state index in [-0.39, 0.29) is 11.6 Å². The van der Waals surface area contributed by atoms with Crippen LogP contribution in [0.25, 0.3) is 11.0 Å². The van der Waals surface area contributed by atoms with Crippen LogP contribution in [0.3, 0.4) is 0 Å². The van der Waals surface area contributed by atoms with Crippen LogP contribution in [0.15, 0.2) is 78.9 Å². The van der Waals surface area contributed by atoms with Crippen molar-refractivity contribution < 1.29 is 31.9 Å². The molecule has 0 aliphatic carbocycles. The molecule has 0 aliphatic rings. The number of aryl methyl sites for hydroxylation is 1. The first-order valence-corrected chi connectivity index (χ1v) is 12.8. The fourth-order valence-electron chi connectivity index (χ4n) is 4.08. The Morgan fingerprint density at radius 2 is 1.49 bits per heavy atom. The van der Waals surface area contributed by atoms with E-state index in [1.54, 1.807) is 30.3 Å². The highest BCUT2D eigenvalue weighted by Gasteiger charge is 2.31. The van der Waals surface area contributed by atoms with Gasteiger partial charge in [-0.25, -0.2) is 19.0 Å². The summed E-state index contributed by atoms with van der Waals surface area (Å²) >= 11 is 0. The largest absolute Gasteiger partial charge is 0.457 e. The molecule has 0 saturated carbocycles.